The predicted octanol–water partition coefficient (Wildman–Crippen LogP) is 2.16. The second kappa shape index (κ2) is 6.45. The van der Waals surface area contributed by atoms with Crippen LogP contribution in [0.1, 0.15) is 23.0 Å². The fourth-order valence-corrected chi connectivity index (χ4v) is 2.24. The van der Waals surface area contributed by atoms with Crippen molar-refractivity contribution in [3.05, 3.63) is 53.9 Å². The molecule has 0 bridgehead atoms. The molecule has 1 aromatic carbocycles. The van der Waals surface area contributed by atoms with Crippen LogP contribution >= 0.6 is 0 Å². The maximum absolute atomic E-state index is 11.7. The molecule has 0 unspecified atom stereocenters. The predicted molar refractivity (Wildman–Crippen MR) is 82.9 cm³/mol. The molecule has 118 valence electrons. The van der Waals surface area contributed by atoms with E-state index in [0.29, 0.717) is 29.3 Å². The Morgan fingerprint density at radius 3 is 2.70 bits per heavy atom. The quantitative estimate of drug-likeness (QED) is 0.725. The third-order valence-electron chi connectivity index (χ3n) is 3.31. The van der Waals surface area contributed by atoms with E-state index in [2.05, 4.69) is 10.3 Å². The molecule has 0 saturated heterocycles. The van der Waals surface area contributed by atoms with E-state index in [1.807, 2.05) is 6.07 Å². The molecule has 0 radical (unpaired) electrons. The van der Waals surface area contributed by atoms with Crippen LogP contribution < -0.4 is 5.73 Å². The summed E-state index contributed by atoms with van der Waals surface area (Å²) in [5.41, 5.74) is 8.28. The molecule has 7 heteroatoms. The first kappa shape index (κ1) is 15.0. The molecule has 3 rings (SSSR count). The van der Waals surface area contributed by atoms with Gasteiger partial charge in [0.15, 0.2) is 5.76 Å². The number of nitrogens with zero attached hydrogens (tertiary/aromatic N) is 3. The zero-order chi connectivity index (χ0) is 16.2. The average molecular weight is 312 g/mol. The molecule has 0 aliphatic rings. The third kappa shape index (κ3) is 2.86. The summed E-state index contributed by atoms with van der Waals surface area (Å²) in [6.07, 6.45) is 1.58. The number of benzene rings is 1. The van der Waals surface area contributed by atoms with E-state index >= 15 is 0 Å². The Morgan fingerprint density at radius 2 is 2.09 bits per heavy atom. The molecule has 0 saturated carbocycles. The molecular weight excluding hydrogens is 296 g/mol. The minimum absolute atomic E-state index is 0.247. The van der Waals surface area contributed by atoms with Crippen molar-refractivity contribution < 1.29 is 13.9 Å². The van der Waals surface area contributed by atoms with E-state index < -0.39 is 0 Å². The van der Waals surface area contributed by atoms with Crippen molar-refractivity contribution in [3.8, 4) is 17.1 Å². The van der Waals surface area contributed by atoms with Crippen LogP contribution in [0.25, 0.3) is 17.1 Å². The second-order valence-corrected chi connectivity index (χ2v) is 4.75. The molecule has 0 amide bonds. The Morgan fingerprint density at radius 1 is 1.30 bits per heavy atom. The minimum Gasteiger partial charge on any atom is -0.463 e. The highest BCUT2D eigenvalue weighted by Gasteiger charge is 2.17. The van der Waals surface area contributed by atoms with Crippen LogP contribution in [0.4, 0.5) is 0 Å². The summed E-state index contributed by atoms with van der Waals surface area (Å²) in [4.78, 5) is 11.7. The van der Waals surface area contributed by atoms with Gasteiger partial charge in [-0.15, -0.1) is 5.10 Å². The van der Waals surface area contributed by atoms with Gasteiger partial charge in [0.25, 0.3) is 0 Å². The molecule has 0 spiro atoms. The van der Waals surface area contributed by atoms with Crippen molar-refractivity contribution in [3.63, 3.8) is 0 Å². The molecule has 0 aliphatic heterocycles. The number of rotatable bonds is 5. The maximum atomic E-state index is 11.7. The van der Waals surface area contributed by atoms with Crippen LogP contribution in [0.5, 0.6) is 0 Å². The summed E-state index contributed by atoms with van der Waals surface area (Å²) in [6.45, 7) is 2.36. The number of hydrogen-bond donors (Lipinski definition) is 1. The highest BCUT2D eigenvalue weighted by molar-refractivity contribution is 5.89. The SMILES string of the molecule is CCOC(=O)c1ccc(-n2nnc(CN)c2-c2ccco2)cc1. The van der Waals surface area contributed by atoms with Crippen molar-refractivity contribution in [2.45, 2.75) is 13.5 Å². The molecule has 7 nitrogen and oxygen atoms in total. The van der Waals surface area contributed by atoms with Gasteiger partial charge in [-0.1, -0.05) is 5.21 Å². The lowest BCUT2D eigenvalue weighted by Gasteiger charge is -2.07. The van der Waals surface area contributed by atoms with Crippen LogP contribution in [0.3, 0.4) is 0 Å². The first-order valence-corrected chi connectivity index (χ1v) is 7.20. The first-order valence-electron chi connectivity index (χ1n) is 7.20. The molecule has 3 aromatic rings. The number of carbonyl (C=O) groups is 1. The summed E-state index contributed by atoms with van der Waals surface area (Å²) >= 11 is 0. The standard InChI is InChI=1S/C16H16N4O3/c1-2-22-16(21)11-5-7-12(8-6-11)20-15(13(10-17)18-19-20)14-4-3-9-23-14/h3-9H,2,10,17H2,1H3. The minimum atomic E-state index is -0.355. The van der Waals surface area contributed by atoms with Crippen molar-refractivity contribution in [2.24, 2.45) is 5.73 Å². The van der Waals surface area contributed by atoms with Gasteiger partial charge >= 0.3 is 5.97 Å². The van der Waals surface area contributed by atoms with Gasteiger partial charge in [-0.25, -0.2) is 9.48 Å². The lowest BCUT2D eigenvalue weighted by molar-refractivity contribution is 0.0526. The Bertz CT molecular complexity index is 791. The van der Waals surface area contributed by atoms with Crippen LogP contribution in [-0.2, 0) is 11.3 Å². The van der Waals surface area contributed by atoms with Crippen molar-refractivity contribution in [2.75, 3.05) is 6.61 Å². The number of ether oxygens (including phenoxy) is 1. The van der Waals surface area contributed by atoms with Gasteiger partial charge in [0.05, 0.1) is 24.1 Å². The highest BCUT2D eigenvalue weighted by atomic mass is 16.5. The third-order valence-corrected chi connectivity index (χ3v) is 3.31. The van der Waals surface area contributed by atoms with Crippen molar-refractivity contribution in [1.29, 1.82) is 0 Å². The zero-order valence-corrected chi connectivity index (χ0v) is 12.6. The van der Waals surface area contributed by atoms with E-state index in [-0.39, 0.29) is 12.5 Å². The highest BCUT2D eigenvalue weighted by Crippen LogP contribution is 2.25. The lowest BCUT2D eigenvalue weighted by Crippen LogP contribution is -2.06. The largest absolute Gasteiger partial charge is 0.463 e. The van der Waals surface area contributed by atoms with Crippen LogP contribution in [-0.4, -0.2) is 27.6 Å². The number of aromatic nitrogens is 3. The second-order valence-electron chi connectivity index (χ2n) is 4.75. The van der Waals surface area contributed by atoms with Gasteiger partial charge < -0.3 is 14.9 Å². The monoisotopic (exact) mass is 312 g/mol. The van der Waals surface area contributed by atoms with Gasteiger partial charge in [-0.2, -0.15) is 0 Å². The Kier molecular flexibility index (Phi) is 4.20. The van der Waals surface area contributed by atoms with Crippen molar-refractivity contribution in [1.82, 2.24) is 15.0 Å². The number of furan rings is 1. The van der Waals surface area contributed by atoms with Gasteiger partial charge in [-0.05, 0) is 43.3 Å². The molecule has 23 heavy (non-hydrogen) atoms. The summed E-state index contributed by atoms with van der Waals surface area (Å²) < 4.78 is 12.1. The fourth-order valence-electron chi connectivity index (χ4n) is 2.24. The first-order chi connectivity index (χ1) is 11.2. The van der Waals surface area contributed by atoms with Gasteiger partial charge in [0.1, 0.15) is 11.4 Å². The van der Waals surface area contributed by atoms with Crippen LogP contribution in [0.15, 0.2) is 47.1 Å². The van der Waals surface area contributed by atoms with Crippen LogP contribution in [0.2, 0.25) is 0 Å². The fraction of sp³-hybridized carbons (Fsp3) is 0.188. The molecule has 2 aromatic heterocycles. The molecule has 2 heterocycles. The number of esters is 1. The summed E-state index contributed by atoms with van der Waals surface area (Å²) in [5.74, 6) is 0.275. The molecule has 2 N–H and O–H groups in total. The van der Waals surface area contributed by atoms with E-state index in [1.165, 1.54) is 0 Å². The molecule has 0 aliphatic carbocycles. The van der Waals surface area contributed by atoms with Gasteiger partial charge in [-0.3, -0.25) is 0 Å². The van der Waals surface area contributed by atoms with E-state index in [9.17, 15) is 4.79 Å². The van der Waals surface area contributed by atoms with Gasteiger partial charge in [0.2, 0.25) is 0 Å². The summed E-state index contributed by atoms with van der Waals surface area (Å²) in [7, 11) is 0. The summed E-state index contributed by atoms with van der Waals surface area (Å²) in [5, 5.41) is 8.22. The molecular formula is C16H16N4O3. The lowest BCUT2D eigenvalue weighted by atomic mass is 10.2. The maximum Gasteiger partial charge on any atom is 0.338 e. The smallest absolute Gasteiger partial charge is 0.338 e. The normalized spacial score (nSPS) is 10.7. The Hall–Kier alpha value is -2.93. The Labute approximate surface area is 132 Å². The van der Waals surface area contributed by atoms with Gasteiger partial charge in [0, 0.05) is 6.54 Å². The molecule has 0 fully saturated rings. The van der Waals surface area contributed by atoms with E-state index in [0.717, 1.165) is 5.69 Å². The average Bonchev–Trinajstić information content (AvgIpc) is 3.24. The van der Waals surface area contributed by atoms with Crippen molar-refractivity contribution >= 4 is 5.97 Å². The Balaban J connectivity index is 1.99. The summed E-state index contributed by atoms with van der Waals surface area (Å²) in [6, 6.07) is 10.5. The van der Waals surface area contributed by atoms with E-state index in [4.69, 9.17) is 14.9 Å². The number of carbonyl (C=O) groups excluding carboxylic acids is 1. The topological polar surface area (TPSA) is 96.2 Å². The van der Waals surface area contributed by atoms with E-state index in [1.54, 1.807) is 48.2 Å². The van der Waals surface area contributed by atoms with Crippen LogP contribution in [0, 0.1) is 0 Å². The zero-order valence-electron chi connectivity index (χ0n) is 12.6. The number of hydrogen-bond acceptors (Lipinski definition) is 6. The number of nitrogens with two attached hydrogens (primary N) is 1. The molecule has 0 atom stereocenters.